The van der Waals surface area contributed by atoms with Crippen LogP contribution in [0.2, 0.25) is 0 Å². The third-order valence-electron chi connectivity index (χ3n) is 3.46. The molecule has 1 amide bonds. The number of hydrogen-bond acceptors (Lipinski definition) is 4. The Labute approximate surface area is 111 Å². The summed E-state index contributed by atoms with van der Waals surface area (Å²) in [6, 6.07) is 5.66. The third-order valence-corrected chi connectivity index (χ3v) is 3.46. The van der Waals surface area contributed by atoms with Gasteiger partial charge in [0, 0.05) is 30.5 Å². The predicted molar refractivity (Wildman–Crippen MR) is 72.9 cm³/mol. The quantitative estimate of drug-likeness (QED) is 0.873. The van der Waals surface area contributed by atoms with E-state index in [0.29, 0.717) is 5.56 Å². The summed E-state index contributed by atoms with van der Waals surface area (Å²) in [5.41, 5.74) is 2.20. The number of carbonyl (C=O) groups excluding carboxylic acids is 1. The van der Waals surface area contributed by atoms with Crippen molar-refractivity contribution in [3.8, 4) is 0 Å². The summed E-state index contributed by atoms with van der Waals surface area (Å²) in [4.78, 5) is 22.8. The fourth-order valence-corrected chi connectivity index (χ4v) is 2.43. The molecule has 3 rings (SSSR count). The topological polar surface area (TPSA) is 58.1 Å². The first-order chi connectivity index (χ1) is 9.22. The largest absolute Gasteiger partial charge is 0.348 e. The fourth-order valence-electron chi connectivity index (χ4n) is 2.43. The van der Waals surface area contributed by atoms with E-state index in [2.05, 4.69) is 27.2 Å². The Morgan fingerprint density at radius 2 is 2.11 bits per heavy atom. The molecule has 5 nitrogen and oxygen atoms in total. The molecule has 2 heterocycles. The molecule has 1 aromatic heterocycles. The van der Waals surface area contributed by atoms with Crippen LogP contribution in [0.4, 0.5) is 0 Å². The Hall–Kier alpha value is -2.01. The molecule has 1 N–H and O–H groups in total. The molecule has 1 atom stereocenters. The van der Waals surface area contributed by atoms with Crippen molar-refractivity contribution in [2.24, 2.45) is 0 Å². The van der Waals surface area contributed by atoms with Crippen LogP contribution in [0.25, 0.3) is 11.0 Å². The number of rotatable bonds is 2. The van der Waals surface area contributed by atoms with Crippen LogP contribution in [-0.4, -0.2) is 47.0 Å². The first-order valence-corrected chi connectivity index (χ1v) is 6.42. The number of likely N-dealkylation sites (tertiary alicyclic amines) is 1. The van der Waals surface area contributed by atoms with Gasteiger partial charge in [0.25, 0.3) is 5.91 Å². The van der Waals surface area contributed by atoms with Crippen molar-refractivity contribution in [2.75, 3.05) is 20.1 Å². The highest BCUT2D eigenvalue weighted by molar-refractivity contribution is 5.97. The van der Waals surface area contributed by atoms with E-state index in [0.717, 1.165) is 30.5 Å². The van der Waals surface area contributed by atoms with Crippen LogP contribution in [0, 0.1) is 0 Å². The second kappa shape index (κ2) is 4.93. The van der Waals surface area contributed by atoms with Crippen molar-refractivity contribution in [1.29, 1.82) is 0 Å². The highest BCUT2D eigenvalue weighted by atomic mass is 16.1. The zero-order valence-electron chi connectivity index (χ0n) is 10.8. The number of benzene rings is 1. The minimum Gasteiger partial charge on any atom is -0.348 e. The summed E-state index contributed by atoms with van der Waals surface area (Å²) in [6.07, 6.45) is 4.29. The summed E-state index contributed by atoms with van der Waals surface area (Å²) < 4.78 is 0. The molecule has 0 bridgehead atoms. The van der Waals surface area contributed by atoms with Gasteiger partial charge in [-0.1, -0.05) is 0 Å². The molecule has 1 fully saturated rings. The molecule has 1 saturated heterocycles. The Morgan fingerprint density at radius 1 is 1.32 bits per heavy atom. The zero-order valence-corrected chi connectivity index (χ0v) is 10.8. The molecule has 98 valence electrons. The van der Waals surface area contributed by atoms with Gasteiger partial charge in [-0.2, -0.15) is 0 Å². The Morgan fingerprint density at radius 3 is 2.84 bits per heavy atom. The number of amides is 1. The second-order valence-corrected chi connectivity index (χ2v) is 4.98. The molecular formula is C14H16N4O. The van der Waals surface area contributed by atoms with Gasteiger partial charge in [-0.05, 0) is 38.2 Å². The van der Waals surface area contributed by atoms with E-state index in [-0.39, 0.29) is 11.9 Å². The maximum absolute atomic E-state index is 12.2. The smallest absolute Gasteiger partial charge is 0.251 e. The lowest BCUT2D eigenvalue weighted by Crippen LogP contribution is -2.36. The van der Waals surface area contributed by atoms with Crippen LogP contribution in [-0.2, 0) is 0 Å². The van der Waals surface area contributed by atoms with Crippen molar-refractivity contribution < 1.29 is 4.79 Å². The summed E-state index contributed by atoms with van der Waals surface area (Å²) in [5, 5.41) is 3.06. The van der Waals surface area contributed by atoms with Gasteiger partial charge < -0.3 is 10.2 Å². The van der Waals surface area contributed by atoms with Gasteiger partial charge in [-0.3, -0.25) is 14.8 Å². The van der Waals surface area contributed by atoms with E-state index in [1.54, 1.807) is 24.5 Å². The van der Waals surface area contributed by atoms with E-state index in [1.807, 2.05) is 6.07 Å². The Bertz CT molecular complexity index is 613. The molecule has 1 aromatic carbocycles. The van der Waals surface area contributed by atoms with Crippen LogP contribution in [0.1, 0.15) is 16.8 Å². The van der Waals surface area contributed by atoms with Gasteiger partial charge in [0.05, 0.1) is 11.0 Å². The van der Waals surface area contributed by atoms with Crippen molar-refractivity contribution in [1.82, 2.24) is 20.2 Å². The minimum atomic E-state index is -0.0344. The van der Waals surface area contributed by atoms with E-state index in [4.69, 9.17) is 0 Å². The normalized spacial score (nSPS) is 19.7. The lowest BCUT2D eigenvalue weighted by molar-refractivity contribution is 0.0938. The van der Waals surface area contributed by atoms with Crippen LogP contribution in [0.5, 0.6) is 0 Å². The zero-order chi connectivity index (χ0) is 13.2. The first-order valence-electron chi connectivity index (χ1n) is 6.42. The summed E-state index contributed by atoms with van der Waals surface area (Å²) in [7, 11) is 2.07. The van der Waals surface area contributed by atoms with Crippen LogP contribution < -0.4 is 5.32 Å². The average molecular weight is 256 g/mol. The van der Waals surface area contributed by atoms with E-state index < -0.39 is 0 Å². The number of fused-ring (bicyclic) bond motifs is 1. The lowest BCUT2D eigenvalue weighted by Gasteiger charge is -2.13. The molecular weight excluding hydrogens is 240 g/mol. The molecule has 0 spiro atoms. The minimum absolute atomic E-state index is 0.0344. The monoisotopic (exact) mass is 256 g/mol. The summed E-state index contributed by atoms with van der Waals surface area (Å²) in [6.45, 7) is 1.95. The van der Waals surface area contributed by atoms with Crippen LogP contribution in [0.3, 0.4) is 0 Å². The molecule has 1 aliphatic heterocycles. The van der Waals surface area contributed by atoms with E-state index in [9.17, 15) is 4.79 Å². The van der Waals surface area contributed by atoms with Gasteiger partial charge >= 0.3 is 0 Å². The number of hydrogen-bond donors (Lipinski definition) is 1. The number of nitrogens with one attached hydrogen (secondary N) is 1. The molecule has 0 radical (unpaired) electrons. The van der Waals surface area contributed by atoms with Crippen molar-refractivity contribution in [3.63, 3.8) is 0 Å². The SMILES string of the molecule is CN1CC[C@@H](NC(=O)c2ccc3nccnc3c2)C1. The summed E-state index contributed by atoms with van der Waals surface area (Å²) in [5.74, 6) is -0.0344. The second-order valence-electron chi connectivity index (χ2n) is 4.98. The number of aromatic nitrogens is 2. The average Bonchev–Trinajstić information content (AvgIpc) is 2.83. The molecule has 0 saturated carbocycles. The number of nitrogens with zero attached hydrogens (tertiary/aromatic N) is 3. The van der Waals surface area contributed by atoms with Crippen LogP contribution >= 0.6 is 0 Å². The van der Waals surface area contributed by atoms with Gasteiger partial charge in [-0.25, -0.2) is 0 Å². The molecule has 0 aliphatic carbocycles. The predicted octanol–water partition coefficient (Wildman–Crippen LogP) is 1.06. The Balaban J connectivity index is 1.77. The number of carbonyl (C=O) groups is 1. The standard InChI is InChI=1S/C14H16N4O/c1-18-7-4-11(9-18)17-14(19)10-2-3-12-13(8-10)16-6-5-15-12/h2-3,5-6,8,11H,4,7,9H2,1H3,(H,17,19)/t11-/m1/s1. The van der Waals surface area contributed by atoms with Crippen LogP contribution in [0.15, 0.2) is 30.6 Å². The molecule has 2 aromatic rings. The number of likely N-dealkylation sites (N-methyl/N-ethyl adjacent to an activating group) is 1. The van der Waals surface area contributed by atoms with Crippen molar-refractivity contribution in [3.05, 3.63) is 36.2 Å². The fraction of sp³-hybridized carbons (Fsp3) is 0.357. The Kier molecular flexibility index (Phi) is 3.13. The van der Waals surface area contributed by atoms with Crippen molar-refractivity contribution >= 4 is 16.9 Å². The van der Waals surface area contributed by atoms with Gasteiger partial charge in [0.2, 0.25) is 0 Å². The lowest BCUT2D eigenvalue weighted by atomic mass is 10.1. The first kappa shape index (κ1) is 12.0. The van der Waals surface area contributed by atoms with Gasteiger partial charge in [0.15, 0.2) is 0 Å². The highest BCUT2D eigenvalue weighted by Gasteiger charge is 2.21. The van der Waals surface area contributed by atoms with Gasteiger partial charge in [0.1, 0.15) is 0 Å². The molecule has 0 unspecified atom stereocenters. The van der Waals surface area contributed by atoms with Crippen molar-refractivity contribution in [2.45, 2.75) is 12.5 Å². The highest BCUT2D eigenvalue weighted by Crippen LogP contribution is 2.12. The third kappa shape index (κ3) is 2.56. The summed E-state index contributed by atoms with van der Waals surface area (Å²) >= 11 is 0. The van der Waals surface area contributed by atoms with E-state index in [1.165, 1.54) is 0 Å². The maximum atomic E-state index is 12.2. The van der Waals surface area contributed by atoms with E-state index >= 15 is 0 Å². The molecule has 19 heavy (non-hydrogen) atoms. The molecule has 5 heteroatoms. The van der Waals surface area contributed by atoms with Gasteiger partial charge in [-0.15, -0.1) is 0 Å². The molecule has 1 aliphatic rings. The maximum Gasteiger partial charge on any atom is 0.251 e.